The second kappa shape index (κ2) is 4.67. The summed E-state index contributed by atoms with van der Waals surface area (Å²) in [5.74, 6) is 0.479. The molecule has 0 fully saturated rings. The van der Waals surface area contributed by atoms with Crippen molar-refractivity contribution in [2.24, 2.45) is 11.1 Å². The van der Waals surface area contributed by atoms with E-state index in [1.165, 1.54) is 7.11 Å². The van der Waals surface area contributed by atoms with Crippen LogP contribution in [0.1, 0.15) is 31.4 Å². The molecule has 1 aromatic heterocycles. The van der Waals surface area contributed by atoms with Crippen LogP contribution in [0.3, 0.4) is 0 Å². The minimum absolute atomic E-state index is 0.189. The highest BCUT2D eigenvalue weighted by molar-refractivity contribution is 5.76. The predicted molar refractivity (Wildman–Crippen MR) is 57.4 cm³/mol. The molecule has 0 aliphatic rings. The lowest BCUT2D eigenvalue weighted by Gasteiger charge is -2.26. The van der Waals surface area contributed by atoms with E-state index in [0.29, 0.717) is 11.5 Å². The Labute approximate surface area is 94.2 Å². The number of carbonyl (C=O) groups is 1. The van der Waals surface area contributed by atoms with Gasteiger partial charge in [0.05, 0.1) is 18.6 Å². The molecular weight excluding hydrogens is 210 g/mol. The quantitative estimate of drug-likeness (QED) is 0.748. The van der Waals surface area contributed by atoms with E-state index in [4.69, 9.17) is 15.3 Å². The molecule has 0 bridgehead atoms. The zero-order chi connectivity index (χ0) is 12.3. The average molecular weight is 227 g/mol. The first-order valence-corrected chi connectivity index (χ1v) is 4.97. The van der Waals surface area contributed by atoms with Gasteiger partial charge in [-0.1, -0.05) is 0 Å². The van der Waals surface area contributed by atoms with Crippen molar-refractivity contribution in [1.82, 2.24) is 0 Å². The van der Waals surface area contributed by atoms with Crippen LogP contribution in [0, 0.1) is 5.41 Å². The van der Waals surface area contributed by atoms with Crippen molar-refractivity contribution in [3.05, 3.63) is 23.7 Å². The number of rotatable bonds is 4. The Balaban J connectivity index is 2.92. The van der Waals surface area contributed by atoms with Crippen molar-refractivity contribution in [3.8, 4) is 0 Å². The Morgan fingerprint density at radius 2 is 2.25 bits per heavy atom. The number of esters is 1. The molecule has 0 unspecified atom stereocenters. The maximum Gasteiger partial charge on any atom is 0.313 e. The van der Waals surface area contributed by atoms with Crippen LogP contribution in [0.2, 0.25) is 0 Å². The molecule has 5 nitrogen and oxygen atoms in total. The van der Waals surface area contributed by atoms with Crippen molar-refractivity contribution in [2.75, 3.05) is 7.11 Å². The van der Waals surface area contributed by atoms with Crippen LogP contribution in [0.15, 0.2) is 16.5 Å². The summed E-state index contributed by atoms with van der Waals surface area (Å²) in [6.45, 7) is 3.18. The zero-order valence-electron chi connectivity index (χ0n) is 9.69. The molecule has 0 radical (unpaired) electrons. The van der Waals surface area contributed by atoms with Crippen LogP contribution in [0.5, 0.6) is 0 Å². The van der Waals surface area contributed by atoms with Crippen LogP contribution in [-0.2, 0) is 16.1 Å². The van der Waals surface area contributed by atoms with Crippen molar-refractivity contribution in [1.29, 1.82) is 0 Å². The van der Waals surface area contributed by atoms with Gasteiger partial charge in [-0.15, -0.1) is 0 Å². The highest BCUT2D eigenvalue weighted by Gasteiger charge is 2.38. The average Bonchev–Trinajstić information content (AvgIpc) is 2.75. The van der Waals surface area contributed by atoms with Crippen molar-refractivity contribution < 1.29 is 19.1 Å². The number of hydrogen-bond acceptors (Lipinski definition) is 5. The van der Waals surface area contributed by atoms with Crippen LogP contribution in [-0.4, -0.2) is 18.2 Å². The highest BCUT2D eigenvalue weighted by atomic mass is 16.5. The predicted octanol–water partition coefficient (Wildman–Crippen LogP) is 0.971. The van der Waals surface area contributed by atoms with Gasteiger partial charge in [0.25, 0.3) is 0 Å². The summed E-state index contributed by atoms with van der Waals surface area (Å²) in [5, 5.41) is 8.86. The van der Waals surface area contributed by atoms with E-state index in [1.54, 1.807) is 26.0 Å². The lowest BCUT2D eigenvalue weighted by atomic mass is 9.83. The van der Waals surface area contributed by atoms with Gasteiger partial charge in [0.1, 0.15) is 18.1 Å². The Bertz CT molecular complexity index is 370. The molecule has 0 saturated heterocycles. The smallest absolute Gasteiger partial charge is 0.313 e. The molecule has 0 aromatic carbocycles. The standard InChI is InChI=1S/C11H17NO4/c1-11(2,10(14)15-3)9(12)8-5-4-7(6-13)16-8/h4-5,9,13H,6,12H2,1-3H3/t9-/m0/s1. The molecule has 90 valence electrons. The first kappa shape index (κ1) is 12.7. The monoisotopic (exact) mass is 227 g/mol. The van der Waals surface area contributed by atoms with Crippen molar-refractivity contribution >= 4 is 5.97 Å². The molecule has 0 aliphatic carbocycles. The van der Waals surface area contributed by atoms with Gasteiger partial charge >= 0.3 is 5.97 Å². The summed E-state index contributed by atoms with van der Waals surface area (Å²) in [6, 6.07) is 2.67. The van der Waals surface area contributed by atoms with Gasteiger partial charge in [0.2, 0.25) is 0 Å². The molecule has 0 aliphatic heterocycles. The summed E-state index contributed by atoms with van der Waals surface area (Å²) in [4.78, 5) is 11.5. The topological polar surface area (TPSA) is 85.7 Å². The fourth-order valence-corrected chi connectivity index (χ4v) is 1.39. The molecule has 5 heteroatoms. The number of nitrogens with two attached hydrogens (primary N) is 1. The molecule has 3 N–H and O–H groups in total. The Kier molecular flexibility index (Phi) is 3.72. The Hall–Kier alpha value is -1.33. The van der Waals surface area contributed by atoms with E-state index >= 15 is 0 Å². The zero-order valence-corrected chi connectivity index (χ0v) is 9.69. The van der Waals surface area contributed by atoms with Crippen molar-refractivity contribution in [2.45, 2.75) is 26.5 Å². The van der Waals surface area contributed by atoms with Gasteiger partial charge in [-0.2, -0.15) is 0 Å². The van der Waals surface area contributed by atoms with Crippen molar-refractivity contribution in [3.63, 3.8) is 0 Å². The second-order valence-corrected chi connectivity index (χ2v) is 4.15. The second-order valence-electron chi connectivity index (χ2n) is 4.15. The van der Waals surface area contributed by atoms with Gasteiger partial charge in [-0.3, -0.25) is 4.79 Å². The maximum atomic E-state index is 11.5. The molecule has 0 amide bonds. The van der Waals surface area contributed by atoms with Gasteiger partial charge in [-0.05, 0) is 26.0 Å². The highest BCUT2D eigenvalue weighted by Crippen LogP contribution is 2.33. The molecule has 1 heterocycles. The summed E-state index contributed by atoms with van der Waals surface area (Å²) in [6.07, 6.45) is 0. The summed E-state index contributed by atoms with van der Waals surface area (Å²) in [5.41, 5.74) is 5.07. The van der Waals surface area contributed by atoms with E-state index < -0.39 is 17.4 Å². The van der Waals surface area contributed by atoms with E-state index in [0.717, 1.165) is 0 Å². The number of hydrogen-bond donors (Lipinski definition) is 2. The van der Waals surface area contributed by atoms with Crippen LogP contribution in [0.25, 0.3) is 0 Å². The first-order valence-electron chi connectivity index (χ1n) is 4.97. The number of aliphatic hydroxyl groups excluding tert-OH is 1. The molecule has 1 atom stereocenters. The molecule has 0 spiro atoms. The number of methoxy groups -OCH3 is 1. The summed E-state index contributed by atoms with van der Waals surface area (Å²) in [7, 11) is 1.32. The van der Waals surface area contributed by atoms with E-state index in [-0.39, 0.29) is 6.61 Å². The SMILES string of the molecule is COC(=O)C(C)(C)[C@@H](N)c1ccc(CO)o1. The summed E-state index contributed by atoms with van der Waals surface area (Å²) < 4.78 is 9.97. The first-order chi connectivity index (χ1) is 7.43. The third kappa shape index (κ3) is 2.25. The molecular formula is C11H17NO4. The Morgan fingerprint density at radius 3 is 2.69 bits per heavy atom. The van der Waals surface area contributed by atoms with Crippen LogP contribution in [0.4, 0.5) is 0 Å². The molecule has 0 saturated carbocycles. The van der Waals surface area contributed by atoms with Gasteiger partial charge < -0.3 is 20.0 Å². The third-order valence-corrected chi connectivity index (χ3v) is 2.63. The molecule has 16 heavy (non-hydrogen) atoms. The third-order valence-electron chi connectivity index (χ3n) is 2.63. The fourth-order valence-electron chi connectivity index (χ4n) is 1.39. The normalized spacial score (nSPS) is 13.6. The molecule has 1 rings (SSSR count). The minimum Gasteiger partial charge on any atom is -0.469 e. The lowest BCUT2D eigenvalue weighted by Crippen LogP contribution is -2.37. The number of furan rings is 1. The Morgan fingerprint density at radius 1 is 1.62 bits per heavy atom. The largest absolute Gasteiger partial charge is 0.469 e. The maximum absolute atomic E-state index is 11.5. The number of carbonyl (C=O) groups excluding carboxylic acids is 1. The van der Waals surface area contributed by atoms with E-state index in [2.05, 4.69) is 4.74 Å². The fraction of sp³-hybridized carbons (Fsp3) is 0.545. The van der Waals surface area contributed by atoms with Crippen LogP contribution < -0.4 is 5.73 Å². The molecule has 1 aromatic rings. The van der Waals surface area contributed by atoms with E-state index in [1.807, 2.05) is 0 Å². The number of aliphatic hydroxyl groups is 1. The minimum atomic E-state index is -0.876. The van der Waals surface area contributed by atoms with Gasteiger partial charge in [0, 0.05) is 0 Å². The number of ether oxygens (including phenoxy) is 1. The van der Waals surface area contributed by atoms with Gasteiger partial charge in [-0.25, -0.2) is 0 Å². The van der Waals surface area contributed by atoms with Crippen LogP contribution >= 0.6 is 0 Å². The summed E-state index contributed by atoms with van der Waals surface area (Å²) >= 11 is 0. The van der Waals surface area contributed by atoms with E-state index in [9.17, 15) is 4.79 Å². The lowest BCUT2D eigenvalue weighted by molar-refractivity contribution is -0.152. The van der Waals surface area contributed by atoms with Gasteiger partial charge in [0.15, 0.2) is 0 Å².